The zero-order chi connectivity index (χ0) is 20.6. The average Bonchev–Trinajstić information content (AvgIpc) is 2.87. The summed E-state index contributed by atoms with van der Waals surface area (Å²) in [6.45, 7) is -0.722. The number of rotatable bonds is 5. The molecule has 0 saturated carbocycles. The summed E-state index contributed by atoms with van der Waals surface area (Å²) < 4.78 is 0. The second kappa shape index (κ2) is 7.04. The molecule has 1 N–H and O–H groups in total. The fraction of sp³-hybridized carbons (Fsp3) is 0.0625. The fourth-order valence-corrected chi connectivity index (χ4v) is 2.80. The third kappa shape index (κ3) is 3.38. The van der Waals surface area contributed by atoms with E-state index in [0.717, 1.165) is 24.3 Å². The summed E-state index contributed by atoms with van der Waals surface area (Å²) in [5.74, 6) is -2.53. The van der Waals surface area contributed by atoms with Crippen LogP contribution < -0.4 is 5.32 Å². The summed E-state index contributed by atoms with van der Waals surface area (Å²) in [5, 5.41) is 24.2. The monoisotopic (exact) mass is 404 g/mol. The minimum absolute atomic E-state index is 0.0686. The highest BCUT2D eigenvalue weighted by atomic mass is 35.5. The number of nitrogens with zero attached hydrogens (tertiary/aromatic N) is 3. The molecule has 2 aromatic rings. The molecule has 0 saturated heterocycles. The van der Waals surface area contributed by atoms with Gasteiger partial charge in [-0.15, -0.1) is 0 Å². The number of nitrogens with one attached hydrogen (secondary N) is 1. The highest BCUT2D eigenvalue weighted by molar-refractivity contribution is 6.31. The van der Waals surface area contributed by atoms with Crippen LogP contribution in [0.15, 0.2) is 36.4 Å². The first-order valence-electron chi connectivity index (χ1n) is 7.57. The summed E-state index contributed by atoms with van der Waals surface area (Å²) in [6.07, 6.45) is 0. The van der Waals surface area contributed by atoms with Gasteiger partial charge in [0.25, 0.3) is 23.2 Å². The van der Waals surface area contributed by atoms with Crippen molar-refractivity contribution in [3.05, 3.63) is 72.8 Å². The Morgan fingerprint density at radius 1 is 1.00 bits per heavy atom. The Labute approximate surface area is 160 Å². The molecule has 0 spiro atoms. The molecule has 11 nitrogen and oxygen atoms in total. The lowest BCUT2D eigenvalue weighted by Crippen LogP contribution is -2.37. The average molecular weight is 405 g/mol. The molecule has 3 amide bonds. The van der Waals surface area contributed by atoms with Gasteiger partial charge in [-0.25, -0.2) is 0 Å². The van der Waals surface area contributed by atoms with E-state index in [4.69, 9.17) is 11.6 Å². The number of nitro benzene ring substituents is 2. The van der Waals surface area contributed by atoms with Gasteiger partial charge in [0, 0.05) is 23.2 Å². The van der Waals surface area contributed by atoms with Crippen LogP contribution in [0.5, 0.6) is 0 Å². The highest BCUT2D eigenvalue weighted by Gasteiger charge is 2.38. The van der Waals surface area contributed by atoms with Crippen LogP contribution in [0.3, 0.4) is 0 Å². The Balaban J connectivity index is 1.80. The maximum Gasteiger partial charge on any atom is 0.294 e. The first kappa shape index (κ1) is 18.9. The van der Waals surface area contributed by atoms with Crippen LogP contribution in [-0.4, -0.2) is 39.0 Å². The van der Waals surface area contributed by atoms with E-state index in [1.54, 1.807) is 0 Å². The Morgan fingerprint density at radius 3 is 2.32 bits per heavy atom. The summed E-state index contributed by atoms with van der Waals surface area (Å²) in [6, 6.07) is 6.74. The van der Waals surface area contributed by atoms with E-state index in [1.165, 1.54) is 12.1 Å². The minimum atomic E-state index is -0.871. The highest BCUT2D eigenvalue weighted by Crippen LogP contribution is 2.29. The van der Waals surface area contributed by atoms with Gasteiger partial charge in [-0.1, -0.05) is 11.6 Å². The quantitative estimate of drug-likeness (QED) is 0.456. The maximum absolute atomic E-state index is 12.4. The number of non-ortho nitro benzene ring substituents is 1. The predicted octanol–water partition coefficient (Wildman–Crippen LogP) is 2.39. The third-order valence-electron chi connectivity index (χ3n) is 3.90. The first-order chi connectivity index (χ1) is 13.2. The second-order valence-corrected chi connectivity index (χ2v) is 6.09. The van der Waals surface area contributed by atoms with Crippen LogP contribution in [0.4, 0.5) is 17.1 Å². The lowest BCUT2D eigenvalue weighted by molar-refractivity contribution is -0.384. The van der Waals surface area contributed by atoms with Gasteiger partial charge in [-0.05, 0) is 18.2 Å². The number of imide groups is 1. The molecule has 0 radical (unpaired) electrons. The number of nitro groups is 2. The van der Waals surface area contributed by atoms with Crippen LogP contribution in [0.2, 0.25) is 5.02 Å². The smallest absolute Gasteiger partial charge is 0.294 e. The molecule has 12 heteroatoms. The number of carbonyl (C=O) groups excluding carboxylic acids is 3. The number of anilines is 1. The standard InChI is InChI=1S/C16H9ClN4O7/c17-8-1-4-12(13(5-8)21(27)28)18-14(22)7-19-15(23)10-3-2-9(20(25)26)6-11(10)16(19)24/h1-6H,7H2,(H,18,22). The van der Waals surface area contributed by atoms with Crippen molar-refractivity contribution in [2.24, 2.45) is 0 Å². The van der Waals surface area contributed by atoms with Crippen LogP contribution >= 0.6 is 11.6 Å². The molecular weight excluding hydrogens is 396 g/mol. The summed E-state index contributed by atoms with van der Waals surface area (Å²) in [5.41, 5.74) is -1.25. The van der Waals surface area contributed by atoms with Crippen molar-refractivity contribution in [1.82, 2.24) is 4.90 Å². The van der Waals surface area contributed by atoms with Gasteiger partial charge in [0.05, 0.1) is 21.0 Å². The van der Waals surface area contributed by atoms with Gasteiger partial charge < -0.3 is 5.32 Å². The zero-order valence-corrected chi connectivity index (χ0v) is 14.5. The number of hydrogen-bond acceptors (Lipinski definition) is 7. The van der Waals surface area contributed by atoms with Crippen molar-refractivity contribution in [3.63, 3.8) is 0 Å². The number of fused-ring (bicyclic) bond motifs is 1. The molecule has 3 rings (SSSR count). The summed E-state index contributed by atoms with van der Waals surface area (Å²) in [4.78, 5) is 57.9. The van der Waals surface area contributed by atoms with Crippen molar-refractivity contribution < 1.29 is 24.2 Å². The zero-order valence-electron chi connectivity index (χ0n) is 13.7. The number of benzene rings is 2. The SMILES string of the molecule is O=C(CN1C(=O)c2ccc([N+](=O)[O-])cc2C1=O)Nc1ccc(Cl)cc1[N+](=O)[O-]. The molecule has 1 aliphatic heterocycles. The second-order valence-electron chi connectivity index (χ2n) is 5.65. The number of halogens is 1. The van der Waals surface area contributed by atoms with Crippen LogP contribution in [-0.2, 0) is 4.79 Å². The summed E-state index contributed by atoms with van der Waals surface area (Å²) in [7, 11) is 0. The molecule has 1 aliphatic rings. The van der Waals surface area contributed by atoms with Gasteiger partial charge in [0.15, 0.2) is 0 Å². The molecule has 2 aromatic carbocycles. The van der Waals surface area contributed by atoms with E-state index in [1.807, 2.05) is 0 Å². The molecule has 1 heterocycles. The topological polar surface area (TPSA) is 153 Å². The minimum Gasteiger partial charge on any atom is -0.319 e. The molecule has 142 valence electrons. The van der Waals surface area contributed by atoms with E-state index in [2.05, 4.69) is 5.32 Å². The largest absolute Gasteiger partial charge is 0.319 e. The maximum atomic E-state index is 12.4. The van der Waals surface area contributed by atoms with E-state index in [0.29, 0.717) is 4.90 Å². The predicted molar refractivity (Wildman–Crippen MR) is 95.2 cm³/mol. The van der Waals surface area contributed by atoms with E-state index in [-0.39, 0.29) is 27.5 Å². The Morgan fingerprint density at radius 2 is 1.68 bits per heavy atom. The first-order valence-corrected chi connectivity index (χ1v) is 7.95. The lowest BCUT2D eigenvalue weighted by Gasteiger charge is -2.13. The Bertz CT molecular complexity index is 1070. The molecule has 0 bridgehead atoms. The number of hydrogen-bond donors (Lipinski definition) is 1. The van der Waals surface area contributed by atoms with Gasteiger partial charge in [-0.2, -0.15) is 0 Å². The molecule has 0 fully saturated rings. The van der Waals surface area contributed by atoms with Crippen LogP contribution in [0.1, 0.15) is 20.7 Å². The summed E-state index contributed by atoms with van der Waals surface area (Å²) >= 11 is 5.70. The van der Waals surface area contributed by atoms with Crippen LogP contribution in [0.25, 0.3) is 0 Å². The number of carbonyl (C=O) groups is 3. The van der Waals surface area contributed by atoms with Crippen LogP contribution in [0, 0.1) is 20.2 Å². The molecule has 0 atom stereocenters. The van der Waals surface area contributed by atoms with E-state index >= 15 is 0 Å². The van der Waals surface area contributed by atoms with Crippen molar-refractivity contribution in [2.45, 2.75) is 0 Å². The molecule has 0 unspecified atom stereocenters. The van der Waals surface area contributed by atoms with Gasteiger partial charge in [0.1, 0.15) is 12.2 Å². The fourth-order valence-electron chi connectivity index (χ4n) is 2.63. The molecule has 28 heavy (non-hydrogen) atoms. The van der Waals surface area contributed by atoms with Crippen molar-refractivity contribution in [1.29, 1.82) is 0 Å². The van der Waals surface area contributed by atoms with Crippen molar-refractivity contribution in [3.8, 4) is 0 Å². The Kier molecular flexibility index (Phi) is 4.76. The molecular formula is C16H9ClN4O7. The third-order valence-corrected chi connectivity index (χ3v) is 4.13. The Hall–Kier alpha value is -3.86. The van der Waals surface area contributed by atoms with E-state index < -0.39 is 39.8 Å². The van der Waals surface area contributed by atoms with Gasteiger partial charge in [0.2, 0.25) is 5.91 Å². The van der Waals surface area contributed by atoms with Gasteiger partial charge >= 0.3 is 0 Å². The normalized spacial score (nSPS) is 12.7. The molecule has 0 aliphatic carbocycles. The van der Waals surface area contributed by atoms with Crippen molar-refractivity contribution in [2.75, 3.05) is 11.9 Å². The molecule has 0 aromatic heterocycles. The van der Waals surface area contributed by atoms with Gasteiger partial charge in [-0.3, -0.25) is 39.5 Å². The van der Waals surface area contributed by atoms with Crippen molar-refractivity contribution >= 4 is 46.4 Å². The lowest BCUT2D eigenvalue weighted by atomic mass is 10.1. The van der Waals surface area contributed by atoms with E-state index in [9.17, 15) is 34.6 Å². The number of amides is 3.